The van der Waals surface area contributed by atoms with Gasteiger partial charge < -0.3 is 10.5 Å². The van der Waals surface area contributed by atoms with E-state index < -0.39 is 6.04 Å². The van der Waals surface area contributed by atoms with Crippen molar-refractivity contribution in [2.24, 2.45) is 11.7 Å². The van der Waals surface area contributed by atoms with Crippen LogP contribution in [0.25, 0.3) is 0 Å². The van der Waals surface area contributed by atoms with Gasteiger partial charge in [-0.25, -0.2) is 0 Å². The van der Waals surface area contributed by atoms with Crippen LogP contribution in [-0.4, -0.2) is 23.4 Å². The van der Waals surface area contributed by atoms with E-state index in [0.29, 0.717) is 12.3 Å². The number of nitrogens with two attached hydrogens (primary N) is 1. The molecule has 3 atom stereocenters. The molecule has 0 spiro atoms. The van der Waals surface area contributed by atoms with Gasteiger partial charge in [0.05, 0.1) is 0 Å². The number of hydrogen-bond donors (Lipinski definition) is 1. The Kier molecular flexibility index (Phi) is 4.89. The van der Waals surface area contributed by atoms with Crippen molar-refractivity contribution in [3.8, 4) is 0 Å². The van der Waals surface area contributed by atoms with E-state index in [4.69, 9.17) is 10.5 Å². The molecule has 0 saturated heterocycles. The highest BCUT2D eigenvalue weighted by Crippen LogP contribution is 2.27. The van der Waals surface area contributed by atoms with Gasteiger partial charge in [-0.15, -0.1) is 0 Å². The minimum Gasteiger partial charge on any atom is -0.461 e. The normalized spacial score (nSPS) is 28.8. The Morgan fingerprint density at radius 3 is 2.86 bits per heavy atom. The molecule has 0 radical (unpaired) electrons. The van der Waals surface area contributed by atoms with E-state index in [0.717, 1.165) is 24.6 Å². The average Bonchev–Trinajstić information content (AvgIpc) is 2.51. The first kappa shape index (κ1) is 12.0. The summed E-state index contributed by atoms with van der Waals surface area (Å²) in [4.78, 5) is 11.4. The monoisotopic (exact) mass is 263 g/mol. The molecule has 2 N–H and O–H groups in total. The molecule has 1 rings (SSSR count). The molecule has 1 fully saturated rings. The van der Waals surface area contributed by atoms with E-state index in [9.17, 15) is 4.79 Å². The molecule has 3 nitrogen and oxygen atoms in total. The number of ether oxygens (including phenoxy) is 1. The zero-order chi connectivity index (χ0) is 10.6. The number of rotatable bonds is 4. The minimum absolute atomic E-state index is 0.110. The van der Waals surface area contributed by atoms with Crippen LogP contribution in [0.1, 0.15) is 32.6 Å². The van der Waals surface area contributed by atoms with Crippen LogP contribution in [0.2, 0.25) is 0 Å². The van der Waals surface area contributed by atoms with Crippen molar-refractivity contribution in [2.45, 2.75) is 44.8 Å². The minimum atomic E-state index is -0.467. The summed E-state index contributed by atoms with van der Waals surface area (Å²) >= 11 is 3.25. The van der Waals surface area contributed by atoms with Crippen molar-refractivity contribution in [2.75, 3.05) is 5.33 Å². The van der Waals surface area contributed by atoms with E-state index in [1.54, 1.807) is 0 Å². The van der Waals surface area contributed by atoms with Crippen LogP contribution in [-0.2, 0) is 9.53 Å². The van der Waals surface area contributed by atoms with Crippen molar-refractivity contribution < 1.29 is 9.53 Å². The molecule has 1 aliphatic rings. The standard InChI is InChI=1S/C10H18BrNO2/c1-7-2-3-8(6-7)14-10(13)9(12)4-5-11/h7-9H,2-6,12H2,1H3/t7?,8?,9-/m0/s1. The van der Waals surface area contributed by atoms with Crippen LogP contribution in [0.4, 0.5) is 0 Å². The molecular weight excluding hydrogens is 246 g/mol. The van der Waals surface area contributed by atoms with E-state index in [1.165, 1.54) is 0 Å². The molecular formula is C10H18BrNO2. The van der Waals surface area contributed by atoms with Crippen LogP contribution in [0.3, 0.4) is 0 Å². The molecule has 0 amide bonds. The van der Waals surface area contributed by atoms with E-state index in [-0.39, 0.29) is 12.1 Å². The molecule has 82 valence electrons. The van der Waals surface area contributed by atoms with Gasteiger partial charge in [-0.1, -0.05) is 22.9 Å². The molecule has 0 aromatic carbocycles. The smallest absolute Gasteiger partial charge is 0.323 e. The Morgan fingerprint density at radius 1 is 1.64 bits per heavy atom. The second-order valence-electron chi connectivity index (χ2n) is 4.06. The Morgan fingerprint density at radius 2 is 2.36 bits per heavy atom. The third-order valence-electron chi connectivity index (χ3n) is 2.65. The third kappa shape index (κ3) is 3.58. The predicted octanol–water partition coefficient (Wildman–Crippen LogP) is 1.83. The lowest BCUT2D eigenvalue weighted by Crippen LogP contribution is -2.34. The van der Waals surface area contributed by atoms with Crippen molar-refractivity contribution in [1.29, 1.82) is 0 Å². The Hall–Kier alpha value is -0.0900. The van der Waals surface area contributed by atoms with Gasteiger partial charge in [0.25, 0.3) is 0 Å². The van der Waals surface area contributed by atoms with Crippen molar-refractivity contribution in [3.63, 3.8) is 0 Å². The molecule has 0 heterocycles. The van der Waals surface area contributed by atoms with Crippen LogP contribution in [0.5, 0.6) is 0 Å². The van der Waals surface area contributed by atoms with Gasteiger partial charge in [0, 0.05) is 5.33 Å². The van der Waals surface area contributed by atoms with Gasteiger partial charge in [-0.2, -0.15) is 0 Å². The highest BCUT2D eigenvalue weighted by atomic mass is 79.9. The molecule has 0 aliphatic heterocycles. The van der Waals surface area contributed by atoms with Gasteiger partial charge in [0.2, 0.25) is 0 Å². The first-order valence-corrected chi connectivity index (χ1v) is 6.27. The quantitative estimate of drug-likeness (QED) is 0.622. The van der Waals surface area contributed by atoms with Gasteiger partial charge in [-0.05, 0) is 31.6 Å². The fraction of sp³-hybridized carbons (Fsp3) is 0.900. The summed E-state index contributed by atoms with van der Waals surface area (Å²) in [6, 6.07) is -0.467. The van der Waals surface area contributed by atoms with Crippen LogP contribution in [0.15, 0.2) is 0 Å². The molecule has 0 bridgehead atoms. The molecule has 14 heavy (non-hydrogen) atoms. The number of halogens is 1. The third-order valence-corrected chi connectivity index (χ3v) is 3.11. The molecule has 0 aromatic heterocycles. The number of carbonyl (C=O) groups is 1. The molecule has 1 saturated carbocycles. The van der Waals surface area contributed by atoms with E-state index in [2.05, 4.69) is 22.9 Å². The van der Waals surface area contributed by atoms with Crippen molar-refractivity contribution in [3.05, 3.63) is 0 Å². The second-order valence-corrected chi connectivity index (χ2v) is 4.85. The lowest BCUT2D eigenvalue weighted by Gasteiger charge is -2.15. The molecule has 4 heteroatoms. The topological polar surface area (TPSA) is 52.3 Å². The van der Waals surface area contributed by atoms with E-state index in [1.807, 2.05) is 0 Å². The average molecular weight is 264 g/mol. The van der Waals surface area contributed by atoms with Gasteiger partial charge in [-0.3, -0.25) is 4.79 Å². The molecule has 0 aromatic rings. The zero-order valence-corrected chi connectivity index (χ0v) is 10.1. The van der Waals surface area contributed by atoms with Crippen LogP contribution >= 0.6 is 15.9 Å². The summed E-state index contributed by atoms with van der Waals surface area (Å²) in [7, 11) is 0. The lowest BCUT2D eigenvalue weighted by molar-refractivity contribution is -0.150. The second kappa shape index (κ2) is 5.71. The lowest BCUT2D eigenvalue weighted by atomic mass is 10.1. The van der Waals surface area contributed by atoms with Gasteiger partial charge in [0.1, 0.15) is 12.1 Å². The summed E-state index contributed by atoms with van der Waals surface area (Å²) < 4.78 is 5.31. The summed E-state index contributed by atoms with van der Waals surface area (Å²) in [5, 5.41) is 0.740. The highest BCUT2D eigenvalue weighted by molar-refractivity contribution is 9.09. The van der Waals surface area contributed by atoms with Crippen LogP contribution in [0, 0.1) is 5.92 Å². The Bertz CT molecular complexity index is 199. The summed E-state index contributed by atoms with van der Waals surface area (Å²) in [6.45, 7) is 2.19. The SMILES string of the molecule is CC1CCC(OC(=O)[C@@H](N)CCBr)C1. The summed E-state index contributed by atoms with van der Waals surface area (Å²) in [6.07, 6.45) is 3.90. The molecule has 2 unspecified atom stereocenters. The Labute approximate surface area is 93.5 Å². The fourth-order valence-corrected chi connectivity index (χ4v) is 2.24. The number of carbonyl (C=O) groups excluding carboxylic acids is 1. The number of esters is 1. The number of alkyl halides is 1. The van der Waals surface area contributed by atoms with Gasteiger partial charge in [0.15, 0.2) is 0 Å². The first-order chi connectivity index (χ1) is 6.63. The first-order valence-electron chi connectivity index (χ1n) is 5.15. The fourth-order valence-electron chi connectivity index (χ4n) is 1.75. The van der Waals surface area contributed by atoms with Crippen LogP contribution < -0.4 is 5.73 Å². The maximum absolute atomic E-state index is 11.4. The summed E-state index contributed by atoms with van der Waals surface area (Å²) in [5.41, 5.74) is 5.64. The highest BCUT2D eigenvalue weighted by Gasteiger charge is 2.26. The summed E-state index contributed by atoms with van der Waals surface area (Å²) in [5.74, 6) is 0.434. The number of hydrogen-bond acceptors (Lipinski definition) is 3. The maximum atomic E-state index is 11.4. The van der Waals surface area contributed by atoms with E-state index >= 15 is 0 Å². The van der Waals surface area contributed by atoms with Gasteiger partial charge >= 0.3 is 5.97 Å². The predicted molar refractivity (Wildman–Crippen MR) is 59.3 cm³/mol. The molecule has 1 aliphatic carbocycles. The zero-order valence-electron chi connectivity index (χ0n) is 8.54. The van der Waals surface area contributed by atoms with Crippen molar-refractivity contribution in [1.82, 2.24) is 0 Å². The maximum Gasteiger partial charge on any atom is 0.323 e. The Balaban J connectivity index is 2.26. The van der Waals surface area contributed by atoms with Crippen molar-refractivity contribution >= 4 is 21.9 Å². The largest absolute Gasteiger partial charge is 0.461 e.